The van der Waals surface area contributed by atoms with Gasteiger partial charge in [0.1, 0.15) is 24.3 Å². The smallest absolute Gasteiger partial charge is 0.338 e. The standard InChI is InChI=1S/C30H37NO12/c1-31(35)19-14-18(42-30(34)17-12-23(38-4)29(41-7)24(13-17)39-5)15-20(31)27(26(19)33)43-25(32)9-8-16-10-21(36-2)28(40-6)22(11-16)37-3/h8-13,18-20,26-27,33H,14-15H2,1-7H3/t18-,19-,20+,26-,27+,31-/m0/s1. The van der Waals surface area contributed by atoms with Crippen molar-refractivity contribution in [2.75, 3.05) is 49.7 Å². The first-order chi connectivity index (χ1) is 20.5. The Hall–Kier alpha value is -4.20. The lowest BCUT2D eigenvalue weighted by molar-refractivity contribution is -0.906. The third-order valence-corrected chi connectivity index (χ3v) is 7.96. The number of piperidine rings is 1. The number of hydrogen-bond acceptors (Lipinski definition) is 12. The maximum Gasteiger partial charge on any atom is 0.338 e. The highest BCUT2D eigenvalue weighted by atomic mass is 16.6. The van der Waals surface area contributed by atoms with Gasteiger partial charge < -0.3 is 52.9 Å². The molecule has 0 unspecified atom stereocenters. The fraction of sp³-hybridized carbons (Fsp3) is 0.467. The summed E-state index contributed by atoms with van der Waals surface area (Å²) in [5.41, 5.74) is 0.729. The highest BCUT2D eigenvalue weighted by molar-refractivity contribution is 5.91. The van der Waals surface area contributed by atoms with Crippen LogP contribution in [-0.2, 0) is 14.3 Å². The Morgan fingerprint density at radius 2 is 1.28 bits per heavy atom. The molecule has 0 aliphatic carbocycles. The molecule has 2 fully saturated rings. The molecule has 4 rings (SSSR count). The van der Waals surface area contributed by atoms with E-state index >= 15 is 0 Å². The number of hydroxylamine groups is 3. The molecule has 0 spiro atoms. The first-order valence-corrected chi connectivity index (χ1v) is 13.5. The summed E-state index contributed by atoms with van der Waals surface area (Å²) in [6.07, 6.45) is -0.206. The zero-order chi connectivity index (χ0) is 31.5. The summed E-state index contributed by atoms with van der Waals surface area (Å²) in [5, 5.41) is 24.5. The molecule has 2 saturated heterocycles. The molecule has 2 aliphatic heterocycles. The van der Waals surface area contributed by atoms with Crippen molar-refractivity contribution in [2.45, 2.75) is 43.2 Å². The van der Waals surface area contributed by atoms with E-state index in [-0.39, 0.29) is 29.9 Å². The Morgan fingerprint density at radius 1 is 0.791 bits per heavy atom. The molecule has 2 aromatic rings. The van der Waals surface area contributed by atoms with Crippen molar-refractivity contribution in [3.8, 4) is 34.5 Å². The monoisotopic (exact) mass is 603 g/mol. The molecule has 43 heavy (non-hydrogen) atoms. The third-order valence-electron chi connectivity index (χ3n) is 7.96. The molecular formula is C30H37NO12. The minimum Gasteiger partial charge on any atom is -0.632 e. The number of aliphatic hydroxyl groups is 1. The molecule has 13 nitrogen and oxygen atoms in total. The fourth-order valence-corrected chi connectivity index (χ4v) is 5.81. The molecule has 1 N–H and O–H groups in total. The summed E-state index contributed by atoms with van der Waals surface area (Å²) in [5.74, 6) is 0.676. The summed E-state index contributed by atoms with van der Waals surface area (Å²) >= 11 is 0. The summed E-state index contributed by atoms with van der Waals surface area (Å²) in [4.78, 5) is 25.9. The van der Waals surface area contributed by atoms with Crippen LogP contribution < -0.4 is 28.4 Å². The molecule has 0 saturated carbocycles. The lowest BCUT2D eigenvalue weighted by atomic mass is 9.99. The number of fused-ring (bicyclic) bond motifs is 2. The molecule has 2 aliphatic rings. The Labute approximate surface area is 249 Å². The average Bonchev–Trinajstić information content (AvgIpc) is 3.09. The summed E-state index contributed by atoms with van der Waals surface area (Å²) < 4.78 is 42.5. The molecule has 2 heterocycles. The number of likely N-dealkylation sites (N-methyl/N-ethyl adjacent to an activating group) is 1. The van der Waals surface area contributed by atoms with E-state index in [4.69, 9.17) is 37.9 Å². The average molecular weight is 604 g/mol. The number of esters is 2. The van der Waals surface area contributed by atoms with Crippen molar-refractivity contribution in [3.05, 3.63) is 46.7 Å². The molecule has 234 valence electrons. The Bertz CT molecular complexity index is 1320. The maximum absolute atomic E-state index is 13.5. The van der Waals surface area contributed by atoms with Gasteiger partial charge in [-0.05, 0) is 35.9 Å². The van der Waals surface area contributed by atoms with Crippen LogP contribution in [0.25, 0.3) is 6.08 Å². The van der Waals surface area contributed by atoms with E-state index in [1.807, 2.05) is 0 Å². The Kier molecular flexibility index (Phi) is 9.58. The number of benzene rings is 2. The summed E-state index contributed by atoms with van der Waals surface area (Å²) in [6.45, 7) is 0. The number of carbonyl (C=O) groups excluding carboxylic acids is 2. The molecular weight excluding hydrogens is 566 g/mol. The first-order valence-electron chi connectivity index (χ1n) is 13.5. The second-order valence-corrected chi connectivity index (χ2v) is 10.3. The van der Waals surface area contributed by atoms with Gasteiger partial charge in [0.05, 0.1) is 55.3 Å². The number of carbonyl (C=O) groups is 2. The van der Waals surface area contributed by atoms with Crippen LogP contribution in [0.1, 0.15) is 28.8 Å². The highest BCUT2D eigenvalue weighted by Crippen LogP contribution is 2.44. The van der Waals surface area contributed by atoms with Gasteiger partial charge in [-0.15, -0.1) is 0 Å². The SMILES string of the molecule is COc1cc(C=CC(=O)O[C@H]2[C@@H](O)[C@@H]3C[C@H](OC(=O)c4cc(OC)c(OC)c(OC)c4)C[C@H]2[N@@+]3(C)[O-])cc(OC)c1OC. The molecule has 2 aromatic carbocycles. The number of nitrogens with zero attached hydrogens (tertiary/aromatic N) is 1. The topological polar surface area (TPSA) is 151 Å². The van der Waals surface area contributed by atoms with Crippen molar-refractivity contribution in [2.24, 2.45) is 0 Å². The lowest BCUT2D eigenvalue weighted by Crippen LogP contribution is -2.57. The normalized spacial score (nSPS) is 26.0. The van der Waals surface area contributed by atoms with Crippen molar-refractivity contribution in [1.82, 2.24) is 0 Å². The van der Waals surface area contributed by atoms with E-state index in [0.29, 0.717) is 28.6 Å². The van der Waals surface area contributed by atoms with Gasteiger partial charge >= 0.3 is 11.9 Å². The van der Waals surface area contributed by atoms with E-state index in [2.05, 4.69) is 0 Å². The molecule has 6 atom stereocenters. The number of aliphatic hydroxyl groups excluding tert-OH is 1. The highest BCUT2D eigenvalue weighted by Gasteiger charge is 2.61. The van der Waals surface area contributed by atoms with E-state index in [1.54, 1.807) is 12.1 Å². The third kappa shape index (κ3) is 6.14. The van der Waals surface area contributed by atoms with Crippen LogP contribution in [0.5, 0.6) is 34.5 Å². The van der Waals surface area contributed by atoms with E-state index < -0.39 is 47.0 Å². The quantitative estimate of drug-likeness (QED) is 0.174. The van der Waals surface area contributed by atoms with Gasteiger partial charge in [-0.1, -0.05) is 0 Å². The molecule has 0 aromatic heterocycles. The molecule has 2 bridgehead atoms. The maximum atomic E-state index is 13.5. The van der Waals surface area contributed by atoms with Crippen LogP contribution in [0, 0.1) is 5.21 Å². The van der Waals surface area contributed by atoms with Crippen molar-refractivity contribution in [3.63, 3.8) is 0 Å². The van der Waals surface area contributed by atoms with E-state index in [1.165, 1.54) is 74.0 Å². The van der Waals surface area contributed by atoms with Gasteiger partial charge in [-0.25, -0.2) is 9.59 Å². The van der Waals surface area contributed by atoms with Crippen LogP contribution in [0.4, 0.5) is 0 Å². The Morgan fingerprint density at radius 3 is 1.77 bits per heavy atom. The fourth-order valence-electron chi connectivity index (χ4n) is 5.81. The van der Waals surface area contributed by atoms with Gasteiger partial charge in [0.2, 0.25) is 11.5 Å². The van der Waals surface area contributed by atoms with E-state index in [0.717, 1.165) is 0 Å². The number of rotatable bonds is 11. The predicted molar refractivity (Wildman–Crippen MR) is 153 cm³/mol. The van der Waals surface area contributed by atoms with Gasteiger partial charge in [0.15, 0.2) is 29.1 Å². The van der Waals surface area contributed by atoms with E-state index in [9.17, 15) is 19.9 Å². The van der Waals surface area contributed by atoms with Crippen molar-refractivity contribution >= 4 is 18.0 Å². The zero-order valence-corrected chi connectivity index (χ0v) is 25.2. The number of quaternary nitrogens is 1. The Balaban J connectivity index is 1.48. The zero-order valence-electron chi connectivity index (χ0n) is 25.2. The van der Waals surface area contributed by atoms with Gasteiger partial charge in [0.25, 0.3) is 0 Å². The van der Waals surface area contributed by atoms with Crippen LogP contribution in [0.15, 0.2) is 30.3 Å². The van der Waals surface area contributed by atoms with Gasteiger partial charge in [0, 0.05) is 18.9 Å². The minimum absolute atomic E-state index is 0.0816. The number of hydrogen-bond donors (Lipinski definition) is 1. The largest absolute Gasteiger partial charge is 0.632 e. The van der Waals surface area contributed by atoms with Crippen LogP contribution in [0.3, 0.4) is 0 Å². The predicted octanol–water partition coefficient (Wildman–Crippen LogP) is 2.74. The van der Waals surface area contributed by atoms with Crippen molar-refractivity contribution < 1.29 is 57.2 Å². The van der Waals surface area contributed by atoms with Crippen LogP contribution in [-0.4, -0.2) is 102 Å². The van der Waals surface area contributed by atoms with Crippen LogP contribution >= 0.6 is 0 Å². The number of ether oxygens (including phenoxy) is 8. The van der Waals surface area contributed by atoms with Gasteiger partial charge in [-0.2, -0.15) is 0 Å². The van der Waals surface area contributed by atoms with Crippen LogP contribution in [0.2, 0.25) is 0 Å². The van der Waals surface area contributed by atoms with Crippen molar-refractivity contribution in [1.29, 1.82) is 0 Å². The second-order valence-electron chi connectivity index (χ2n) is 10.3. The lowest BCUT2D eigenvalue weighted by Gasteiger charge is -2.49. The first kappa shape index (κ1) is 31.7. The summed E-state index contributed by atoms with van der Waals surface area (Å²) in [6, 6.07) is 4.52. The molecule has 13 heteroatoms. The number of methoxy groups -OCH3 is 6. The molecule has 0 radical (unpaired) electrons. The van der Waals surface area contributed by atoms with Gasteiger partial charge in [-0.3, -0.25) is 0 Å². The summed E-state index contributed by atoms with van der Waals surface area (Å²) in [7, 11) is 10.2. The minimum atomic E-state index is -1.25. The second kappa shape index (κ2) is 13.0. The molecule has 0 amide bonds.